The number of likely N-dealkylation sites (tertiary alicyclic amines) is 1. The van der Waals surface area contributed by atoms with Gasteiger partial charge >= 0.3 is 0 Å². The topological polar surface area (TPSA) is 84.7 Å². The second-order valence-corrected chi connectivity index (χ2v) is 7.91. The maximum absolute atomic E-state index is 12.9. The van der Waals surface area contributed by atoms with Gasteiger partial charge in [0.15, 0.2) is 0 Å². The zero-order valence-corrected chi connectivity index (χ0v) is 16.7. The summed E-state index contributed by atoms with van der Waals surface area (Å²) in [6.07, 6.45) is 8.21. The van der Waals surface area contributed by atoms with E-state index in [-0.39, 0.29) is 23.8 Å². The summed E-state index contributed by atoms with van der Waals surface area (Å²) >= 11 is 0. The second kappa shape index (κ2) is 10.6. The number of nitrogens with zero attached hydrogens (tertiary/aromatic N) is 1. The molecule has 0 bridgehead atoms. The van der Waals surface area contributed by atoms with Crippen molar-refractivity contribution in [3.05, 3.63) is 29.8 Å². The third-order valence-electron chi connectivity index (χ3n) is 5.78. The maximum Gasteiger partial charge on any atom is 0.253 e. The summed E-state index contributed by atoms with van der Waals surface area (Å²) in [4.78, 5) is 27.2. The molecule has 28 heavy (non-hydrogen) atoms. The molecule has 2 amide bonds. The lowest BCUT2D eigenvalue weighted by Crippen LogP contribution is -2.41. The highest BCUT2D eigenvalue weighted by Gasteiger charge is 2.25. The lowest BCUT2D eigenvalue weighted by molar-refractivity contribution is -0.120. The molecule has 1 aliphatic heterocycles. The average Bonchev–Trinajstić information content (AvgIpc) is 2.75. The molecule has 6 heteroatoms. The zero-order chi connectivity index (χ0) is 19.8. The molecule has 1 aliphatic carbocycles. The van der Waals surface area contributed by atoms with Gasteiger partial charge in [-0.3, -0.25) is 9.59 Å². The molecule has 1 heterocycles. The summed E-state index contributed by atoms with van der Waals surface area (Å²) in [5, 5.41) is 3.01. The number of hydrogen-bond donors (Lipinski definition) is 2. The number of rotatable bonds is 7. The average molecular weight is 388 g/mol. The molecule has 6 nitrogen and oxygen atoms in total. The summed E-state index contributed by atoms with van der Waals surface area (Å²) in [5.41, 5.74) is 6.83. The quantitative estimate of drug-likeness (QED) is 0.704. The molecule has 0 unspecified atom stereocenters. The Labute approximate surface area is 167 Å². The summed E-state index contributed by atoms with van der Waals surface area (Å²) in [7, 11) is 0. The molecule has 0 radical (unpaired) electrons. The van der Waals surface area contributed by atoms with Crippen molar-refractivity contribution in [3.63, 3.8) is 0 Å². The van der Waals surface area contributed by atoms with Gasteiger partial charge in [-0.05, 0) is 56.8 Å². The van der Waals surface area contributed by atoms with Crippen LogP contribution in [0.5, 0.6) is 0 Å². The Morgan fingerprint density at radius 3 is 2.57 bits per heavy atom. The number of benzene rings is 1. The number of amides is 2. The predicted octanol–water partition coefficient (Wildman–Crippen LogP) is 3.18. The molecule has 154 valence electrons. The zero-order valence-electron chi connectivity index (χ0n) is 16.7. The van der Waals surface area contributed by atoms with Gasteiger partial charge in [0.1, 0.15) is 0 Å². The van der Waals surface area contributed by atoms with Crippen molar-refractivity contribution >= 4 is 17.5 Å². The van der Waals surface area contributed by atoms with Crippen LogP contribution in [0.3, 0.4) is 0 Å². The molecule has 1 aromatic rings. The molecule has 0 atom stereocenters. The van der Waals surface area contributed by atoms with E-state index in [0.717, 1.165) is 44.9 Å². The molecule has 0 spiro atoms. The number of carbonyl (C=O) groups is 2. The molecule has 1 saturated carbocycles. The SMILES string of the molecule is NCCCOC1CCN(C(=O)c2cccc(NC(=O)C3CCCCC3)c2)CC1. The molecular formula is C22H33N3O3. The normalized spacial score (nSPS) is 18.8. The number of hydrogen-bond acceptors (Lipinski definition) is 4. The van der Waals surface area contributed by atoms with Gasteiger partial charge in [-0.15, -0.1) is 0 Å². The van der Waals surface area contributed by atoms with Crippen molar-refractivity contribution in [2.75, 3.05) is 31.6 Å². The van der Waals surface area contributed by atoms with E-state index in [2.05, 4.69) is 5.32 Å². The van der Waals surface area contributed by atoms with Crippen LogP contribution in [-0.2, 0) is 9.53 Å². The Kier molecular flexibility index (Phi) is 7.86. The Hall–Kier alpha value is -1.92. The highest BCUT2D eigenvalue weighted by atomic mass is 16.5. The number of anilines is 1. The van der Waals surface area contributed by atoms with Crippen LogP contribution in [0, 0.1) is 5.92 Å². The first-order chi connectivity index (χ1) is 13.7. The molecule has 3 rings (SSSR count). The standard InChI is InChI=1S/C22H33N3O3/c23-12-5-15-28-20-10-13-25(14-11-20)22(27)18-8-4-9-19(16-18)24-21(26)17-6-2-1-3-7-17/h4,8-9,16-17,20H,1-3,5-7,10-15,23H2,(H,24,26). The highest BCUT2D eigenvalue weighted by molar-refractivity contribution is 5.97. The highest BCUT2D eigenvalue weighted by Crippen LogP contribution is 2.25. The van der Waals surface area contributed by atoms with Crippen molar-refractivity contribution in [1.82, 2.24) is 4.90 Å². The number of carbonyl (C=O) groups excluding carboxylic acids is 2. The fourth-order valence-electron chi connectivity index (χ4n) is 4.08. The summed E-state index contributed by atoms with van der Waals surface area (Å²) < 4.78 is 5.81. The molecule has 1 saturated heterocycles. The third-order valence-corrected chi connectivity index (χ3v) is 5.78. The number of ether oxygens (including phenoxy) is 1. The lowest BCUT2D eigenvalue weighted by atomic mass is 9.88. The van der Waals surface area contributed by atoms with Crippen LogP contribution >= 0.6 is 0 Å². The van der Waals surface area contributed by atoms with Crippen LogP contribution in [0.4, 0.5) is 5.69 Å². The smallest absolute Gasteiger partial charge is 0.253 e. The molecule has 0 aromatic heterocycles. The fraction of sp³-hybridized carbons (Fsp3) is 0.636. The number of piperidine rings is 1. The van der Waals surface area contributed by atoms with E-state index in [1.54, 1.807) is 6.07 Å². The fourth-order valence-corrected chi connectivity index (χ4v) is 4.08. The van der Waals surface area contributed by atoms with Crippen LogP contribution < -0.4 is 11.1 Å². The lowest BCUT2D eigenvalue weighted by Gasteiger charge is -2.32. The first-order valence-corrected chi connectivity index (χ1v) is 10.7. The van der Waals surface area contributed by atoms with Gasteiger partial charge in [0, 0.05) is 36.9 Å². The van der Waals surface area contributed by atoms with Crippen LogP contribution in [0.15, 0.2) is 24.3 Å². The van der Waals surface area contributed by atoms with Crippen LogP contribution in [0.2, 0.25) is 0 Å². The van der Waals surface area contributed by atoms with Crippen molar-refractivity contribution in [2.24, 2.45) is 11.7 Å². The van der Waals surface area contributed by atoms with Gasteiger partial charge in [-0.25, -0.2) is 0 Å². The van der Waals surface area contributed by atoms with E-state index in [1.165, 1.54) is 6.42 Å². The van der Waals surface area contributed by atoms with Gasteiger partial charge in [-0.1, -0.05) is 25.3 Å². The molecule has 1 aromatic carbocycles. The molecule has 3 N–H and O–H groups in total. The number of nitrogens with two attached hydrogens (primary N) is 1. The van der Waals surface area contributed by atoms with Crippen LogP contribution in [0.1, 0.15) is 61.7 Å². The Morgan fingerprint density at radius 1 is 1.11 bits per heavy atom. The van der Waals surface area contributed by atoms with Crippen molar-refractivity contribution in [3.8, 4) is 0 Å². The van der Waals surface area contributed by atoms with Crippen LogP contribution in [-0.4, -0.2) is 49.1 Å². The predicted molar refractivity (Wildman–Crippen MR) is 110 cm³/mol. The third kappa shape index (κ3) is 5.79. The second-order valence-electron chi connectivity index (χ2n) is 7.91. The summed E-state index contributed by atoms with van der Waals surface area (Å²) in [5.74, 6) is 0.209. The monoisotopic (exact) mass is 387 g/mol. The minimum Gasteiger partial charge on any atom is -0.378 e. The largest absolute Gasteiger partial charge is 0.378 e. The molecular weight excluding hydrogens is 354 g/mol. The van der Waals surface area contributed by atoms with Gasteiger partial charge in [0.05, 0.1) is 6.10 Å². The van der Waals surface area contributed by atoms with E-state index in [4.69, 9.17) is 10.5 Å². The molecule has 2 aliphatic rings. The Bertz CT molecular complexity index is 650. The summed E-state index contributed by atoms with van der Waals surface area (Å²) in [6, 6.07) is 7.32. The van der Waals surface area contributed by atoms with E-state index >= 15 is 0 Å². The van der Waals surface area contributed by atoms with Crippen molar-refractivity contribution < 1.29 is 14.3 Å². The van der Waals surface area contributed by atoms with Crippen molar-refractivity contribution in [1.29, 1.82) is 0 Å². The van der Waals surface area contributed by atoms with Gasteiger partial charge in [0.25, 0.3) is 5.91 Å². The van der Waals surface area contributed by atoms with Gasteiger partial charge in [0.2, 0.25) is 5.91 Å². The van der Waals surface area contributed by atoms with E-state index < -0.39 is 0 Å². The van der Waals surface area contributed by atoms with Crippen LogP contribution in [0.25, 0.3) is 0 Å². The number of nitrogens with one attached hydrogen (secondary N) is 1. The van der Waals surface area contributed by atoms with E-state index in [0.29, 0.717) is 37.5 Å². The Balaban J connectivity index is 1.52. The molecule has 2 fully saturated rings. The van der Waals surface area contributed by atoms with Gasteiger partial charge < -0.3 is 20.7 Å². The van der Waals surface area contributed by atoms with Gasteiger partial charge in [-0.2, -0.15) is 0 Å². The Morgan fingerprint density at radius 2 is 1.86 bits per heavy atom. The van der Waals surface area contributed by atoms with E-state index in [1.807, 2.05) is 23.1 Å². The summed E-state index contributed by atoms with van der Waals surface area (Å²) in [6.45, 7) is 2.73. The minimum absolute atomic E-state index is 0.0224. The van der Waals surface area contributed by atoms with E-state index in [9.17, 15) is 9.59 Å². The minimum atomic E-state index is 0.0224. The van der Waals surface area contributed by atoms with Crippen molar-refractivity contribution in [2.45, 2.75) is 57.5 Å². The first-order valence-electron chi connectivity index (χ1n) is 10.7. The maximum atomic E-state index is 12.9. The first kappa shape index (κ1) is 20.8.